The van der Waals surface area contributed by atoms with Crippen LogP contribution in [0.3, 0.4) is 0 Å². The molecule has 1 aliphatic heterocycles. The van der Waals surface area contributed by atoms with Crippen molar-refractivity contribution in [3.05, 3.63) is 23.0 Å². The SMILES string of the molecule is CCOc1ncc2c(n1)-c1c(c(C(N)=O)nn1C1CCNCC1)CC2.Cl. The summed E-state index contributed by atoms with van der Waals surface area (Å²) in [7, 11) is 0. The number of ether oxygens (including phenoxy) is 1. The molecule has 8 nitrogen and oxygen atoms in total. The molecule has 140 valence electrons. The summed E-state index contributed by atoms with van der Waals surface area (Å²) in [6, 6.07) is 0.590. The third-order valence-corrected chi connectivity index (χ3v) is 4.88. The van der Waals surface area contributed by atoms with E-state index in [2.05, 4.69) is 20.4 Å². The molecule has 0 aromatic carbocycles. The predicted molar refractivity (Wildman–Crippen MR) is 98.7 cm³/mol. The van der Waals surface area contributed by atoms with Crippen molar-refractivity contribution < 1.29 is 9.53 Å². The van der Waals surface area contributed by atoms with Crippen LogP contribution in [0.5, 0.6) is 6.01 Å². The first-order chi connectivity index (χ1) is 12.2. The van der Waals surface area contributed by atoms with Gasteiger partial charge in [0.25, 0.3) is 5.91 Å². The molecule has 3 N–H and O–H groups in total. The molecule has 2 aromatic rings. The lowest BCUT2D eigenvalue weighted by atomic mass is 9.92. The van der Waals surface area contributed by atoms with Gasteiger partial charge in [-0.2, -0.15) is 10.1 Å². The number of aromatic nitrogens is 4. The molecular formula is C17H23ClN6O2. The van der Waals surface area contributed by atoms with Crippen LogP contribution >= 0.6 is 12.4 Å². The van der Waals surface area contributed by atoms with E-state index >= 15 is 0 Å². The smallest absolute Gasteiger partial charge is 0.316 e. The fourth-order valence-electron chi connectivity index (χ4n) is 3.71. The van der Waals surface area contributed by atoms with Crippen LogP contribution in [0.25, 0.3) is 11.4 Å². The number of carbonyl (C=O) groups is 1. The van der Waals surface area contributed by atoms with Crippen molar-refractivity contribution in [1.82, 2.24) is 25.1 Å². The number of nitrogens with one attached hydrogen (secondary N) is 1. The molecule has 9 heteroatoms. The van der Waals surface area contributed by atoms with Crippen LogP contribution in [0.1, 0.15) is 47.4 Å². The predicted octanol–water partition coefficient (Wildman–Crippen LogP) is 1.28. The molecule has 0 bridgehead atoms. The molecular weight excluding hydrogens is 356 g/mol. The Kier molecular flexibility index (Phi) is 5.43. The molecule has 2 aliphatic rings. The van der Waals surface area contributed by atoms with E-state index in [0.29, 0.717) is 18.3 Å². The Labute approximate surface area is 157 Å². The summed E-state index contributed by atoms with van der Waals surface area (Å²) >= 11 is 0. The van der Waals surface area contributed by atoms with E-state index in [1.807, 2.05) is 17.8 Å². The molecule has 0 spiro atoms. The van der Waals surface area contributed by atoms with E-state index in [4.69, 9.17) is 10.5 Å². The Morgan fingerprint density at radius 1 is 1.38 bits per heavy atom. The maximum absolute atomic E-state index is 11.9. The number of fused-ring (bicyclic) bond motifs is 3. The van der Waals surface area contributed by atoms with Gasteiger partial charge in [-0.3, -0.25) is 9.48 Å². The summed E-state index contributed by atoms with van der Waals surface area (Å²) < 4.78 is 7.44. The fraction of sp³-hybridized carbons (Fsp3) is 0.529. The summed E-state index contributed by atoms with van der Waals surface area (Å²) in [5.41, 5.74) is 9.65. The van der Waals surface area contributed by atoms with Crippen molar-refractivity contribution in [3.8, 4) is 17.4 Å². The minimum atomic E-state index is -0.480. The van der Waals surface area contributed by atoms with Crippen molar-refractivity contribution in [1.29, 1.82) is 0 Å². The number of primary amides is 1. The Morgan fingerprint density at radius 2 is 2.15 bits per heavy atom. The van der Waals surface area contributed by atoms with Gasteiger partial charge in [0.05, 0.1) is 24.0 Å². The highest BCUT2D eigenvalue weighted by Crippen LogP contribution is 2.37. The van der Waals surface area contributed by atoms with Crippen LogP contribution in [0.4, 0.5) is 0 Å². The lowest BCUT2D eigenvalue weighted by Gasteiger charge is -2.26. The molecule has 0 atom stereocenters. The number of amides is 1. The summed E-state index contributed by atoms with van der Waals surface area (Å²) in [6.45, 7) is 4.28. The third kappa shape index (κ3) is 3.14. The van der Waals surface area contributed by atoms with Crippen molar-refractivity contribution in [3.63, 3.8) is 0 Å². The number of nitrogens with two attached hydrogens (primary N) is 1. The quantitative estimate of drug-likeness (QED) is 0.829. The van der Waals surface area contributed by atoms with Gasteiger partial charge in [0.2, 0.25) is 0 Å². The summed E-state index contributed by atoms with van der Waals surface area (Å²) in [5.74, 6) is -0.480. The first kappa shape index (κ1) is 18.6. The average Bonchev–Trinajstić information content (AvgIpc) is 3.03. The van der Waals surface area contributed by atoms with E-state index in [0.717, 1.165) is 61.3 Å². The molecule has 26 heavy (non-hydrogen) atoms. The van der Waals surface area contributed by atoms with E-state index in [1.165, 1.54) is 0 Å². The molecule has 0 saturated carbocycles. The Morgan fingerprint density at radius 3 is 2.85 bits per heavy atom. The number of hydrogen-bond acceptors (Lipinski definition) is 6. The van der Waals surface area contributed by atoms with Crippen molar-refractivity contribution in [2.45, 2.75) is 38.6 Å². The number of halogens is 1. The first-order valence-corrected chi connectivity index (χ1v) is 8.80. The zero-order valence-electron chi connectivity index (χ0n) is 14.7. The highest BCUT2D eigenvalue weighted by Gasteiger charge is 2.32. The van der Waals surface area contributed by atoms with Gasteiger partial charge in [-0.15, -0.1) is 12.4 Å². The second-order valence-corrected chi connectivity index (χ2v) is 6.43. The second kappa shape index (κ2) is 7.59. The maximum Gasteiger partial charge on any atom is 0.316 e. The van der Waals surface area contributed by atoms with Gasteiger partial charge in [-0.25, -0.2) is 4.98 Å². The normalized spacial score (nSPS) is 16.3. The van der Waals surface area contributed by atoms with Gasteiger partial charge in [0.1, 0.15) is 0 Å². The molecule has 1 fully saturated rings. The molecule has 2 aromatic heterocycles. The van der Waals surface area contributed by atoms with Crippen LogP contribution in [-0.2, 0) is 12.8 Å². The zero-order valence-corrected chi connectivity index (χ0v) is 15.5. The van der Waals surface area contributed by atoms with E-state index < -0.39 is 5.91 Å². The topological polar surface area (TPSA) is 108 Å². The third-order valence-electron chi connectivity index (χ3n) is 4.88. The van der Waals surface area contributed by atoms with E-state index in [1.54, 1.807) is 0 Å². The van der Waals surface area contributed by atoms with Gasteiger partial charge >= 0.3 is 6.01 Å². The number of nitrogens with zero attached hydrogens (tertiary/aromatic N) is 4. The fourth-order valence-corrected chi connectivity index (χ4v) is 3.71. The monoisotopic (exact) mass is 378 g/mol. The van der Waals surface area contributed by atoms with Crippen LogP contribution < -0.4 is 15.8 Å². The number of piperidine rings is 1. The average molecular weight is 379 g/mol. The zero-order chi connectivity index (χ0) is 17.4. The second-order valence-electron chi connectivity index (χ2n) is 6.43. The molecule has 1 aliphatic carbocycles. The van der Waals surface area contributed by atoms with E-state index in [9.17, 15) is 4.79 Å². The lowest BCUT2D eigenvalue weighted by molar-refractivity contribution is 0.0993. The largest absolute Gasteiger partial charge is 0.464 e. The Bertz CT molecular complexity index is 816. The van der Waals surface area contributed by atoms with Crippen molar-refractivity contribution in [2.24, 2.45) is 5.73 Å². The van der Waals surface area contributed by atoms with Crippen molar-refractivity contribution >= 4 is 18.3 Å². The summed E-state index contributed by atoms with van der Waals surface area (Å²) in [5, 5.41) is 7.96. The summed E-state index contributed by atoms with van der Waals surface area (Å²) in [6.07, 6.45) is 5.24. The van der Waals surface area contributed by atoms with Crippen LogP contribution in [0, 0.1) is 0 Å². The minimum absolute atomic E-state index is 0. The molecule has 0 radical (unpaired) electrons. The van der Waals surface area contributed by atoms with Gasteiger partial charge in [0.15, 0.2) is 5.69 Å². The van der Waals surface area contributed by atoms with Crippen molar-refractivity contribution in [2.75, 3.05) is 19.7 Å². The Balaban J connectivity index is 0.00000196. The van der Waals surface area contributed by atoms with E-state index in [-0.39, 0.29) is 18.4 Å². The molecule has 1 amide bonds. The summed E-state index contributed by atoms with van der Waals surface area (Å²) in [4.78, 5) is 20.8. The molecule has 0 unspecified atom stereocenters. The first-order valence-electron chi connectivity index (χ1n) is 8.80. The van der Waals surface area contributed by atoms with Crippen LogP contribution in [-0.4, -0.2) is 45.4 Å². The Hall–Kier alpha value is -2.19. The van der Waals surface area contributed by atoms with Gasteiger partial charge in [0, 0.05) is 11.8 Å². The van der Waals surface area contributed by atoms with Gasteiger partial charge in [-0.05, 0) is 51.3 Å². The molecule has 1 saturated heterocycles. The number of hydrogen-bond donors (Lipinski definition) is 2. The highest BCUT2D eigenvalue weighted by molar-refractivity contribution is 5.94. The number of carbonyl (C=O) groups excluding carboxylic acids is 1. The standard InChI is InChI=1S/C17H22N6O2.ClH/c1-2-25-17-20-9-10-3-4-12-14(16(18)24)22-23(15(12)13(10)21-17)11-5-7-19-8-6-11;/h9,11,19H,2-8H2,1H3,(H2,18,24);1H. The maximum atomic E-state index is 11.9. The molecule has 3 heterocycles. The number of rotatable bonds is 4. The number of aryl methyl sites for hydroxylation is 1. The lowest BCUT2D eigenvalue weighted by Crippen LogP contribution is -2.30. The minimum Gasteiger partial charge on any atom is -0.464 e. The van der Waals surface area contributed by atoms with Gasteiger partial charge < -0.3 is 15.8 Å². The van der Waals surface area contributed by atoms with Gasteiger partial charge in [-0.1, -0.05) is 0 Å². The molecule has 4 rings (SSSR count). The van der Waals surface area contributed by atoms with Crippen LogP contribution in [0.15, 0.2) is 6.20 Å². The van der Waals surface area contributed by atoms with Crippen LogP contribution in [0.2, 0.25) is 0 Å². The highest BCUT2D eigenvalue weighted by atomic mass is 35.5.